The number of hydrogen-bond acceptors (Lipinski definition) is 5. The van der Waals surface area contributed by atoms with E-state index in [-0.39, 0.29) is 16.6 Å². The lowest BCUT2D eigenvalue weighted by atomic mass is 9.97. The quantitative estimate of drug-likeness (QED) is 0.527. The second kappa shape index (κ2) is 9.71. The van der Waals surface area contributed by atoms with E-state index in [1.807, 2.05) is 0 Å². The Morgan fingerprint density at radius 1 is 1.19 bits per heavy atom. The van der Waals surface area contributed by atoms with Crippen molar-refractivity contribution >= 4 is 27.7 Å². The molecule has 0 spiro atoms. The van der Waals surface area contributed by atoms with Gasteiger partial charge in [-0.1, -0.05) is 23.4 Å². The number of pyridine rings is 1. The monoisotopic (exact) mass is 409 g/mol. The molecule has 148 valence electrons. The van der Waals surface area contributed by atoms with E-state index in [1.54, 1.807) is 12.1 Å². The molecule has 6 nitrogen and oxygen atoms in total. The van der Waals surface area contributed by atoms with Gasteiger partial charge in [0.2, 0.25) is 15.9 Å². The number of rotatable bonds is 8. The highest BCUT2D eigenvalue weighted by molar-refractivity contribution is 7.99. The van der Waals surface area contributed by atoms with Crippen LogP contribution in [0.1, 0.15) is 44.9 Å². The zero-order chi connectivity index (χ0) is 19.1. The van der Waals surface area contributed by atoms with Crippen LogP contribution in [0.3, 0.4) is 0 Å². The number of nitrogens with one attached hydrogen (secondary N) is 1. The molecule has 1 aromatic heterocycles. The fourth-order valence-corrected chi connectivity index (χ4v) is 5.50. The molecule has 0 unspecified atom stereocenters. The Kier molecular flexibility index (Phi) is 7.32. The topological polar surface area (TPSA) is 79.4 Å². The van der Waals surface area contributed by atoms with Gasteiger partial charge in [-0.15, -0.1) is 0 Å². The molecular weight excluding hydrogens is 382 g/mol. The third kappa shape index (κ3) is 5.80. The maximum Gasteiger partial charge on any atom is 0.244 e. The number of sulfonamides is 1. The van der Waals surface area contributed by atoms with Gasteiger partial charge in [0, 0.05) is 25.8 Å². The summed E-state index contributed by atoms with van der Waals surface area (Å²) in [6.07, 6.45) is 11.3. The summed E-state index contributed by atoms with van der Waals surface area (Å²) in [5.74, 6) is 0.261. The Labute approximate surface area is 165 Å². The first-order valence-corrected chi connectivity index (χ1v) is 12.0. The number of nitrogens with zero attached hydrogens (tertiary/aromatic N) is 2. The number of carbonyl (C=O) groups is 1. The highest BCUT2D eigenvalue weighted by Gasteiger charge is 2.27. The summed E-state index contributed by atoms with van der Waals surface area (Å²) in [5, 5.41) is 3.60. The molecule has 1 aliphatic carbocycles. The molecule has 2 heterocycles. The minimum Gasteiger partial charge on any atom is -0.355 e. The van der Waals surface area contributed by atoms with Crippen LogP contribution >= 0.6 is 11.8 Å². The fraction of sp³-hybridized carbons (Fsp3) is 0.579. The van der Waals surface area contributed by atoms with Crippen LogP contribution in [0.25, 0.3) is 0 Å². The number of aromatic nitrogens is 1. The molecule has 2 aliphatic rings. The minimum absolute atomic E-state index is 0.0213. The van der Waals surface area contributed by atoms with Crippen molar-refractivity contribution in [1.29, 1.82) is 0 Å². The summed E-state index contributed by atoms with van der Waals surface area (Å²) >= 11 is 1.32. The minimum atomic E-state index is -3.43. The predicted molar refractivity (Wildman–Crippen MR) is 107 cm³/mol. The van der Waals surface area contributed by atoms with Crippen molar-refractivity contribution in [3.05, 3.63) is 30.0 Å². The molecule has 1 amide bonds. The van der Waals surface area contributed by atoms with Crippen LogP contribution in [0.5, 0.6) is 0 Å². The molecule has 8 heteroatoms. The Morgan fingerprint density at radius 2 is 2.00 bits per heavy atom. The zero-order valence-corrected chi connectivity index (χ0v) is 17.2. The van der Waals surface area contributed by atoms with E-state index < -0.39 is 10.0 Å². The highest BCUT2D eigenvalue weighted by atomic mass is 32.2. The van der Waals surface area contributed by atoms with E-state index in [0.717, 1.165) is 32.1 Å². The lowest BCUT2D eigenvalue weighted by molar-refractivity contribution is -0.118. The third-order valence-corrected chi connectivity index (χ3v) is 7.74. The first-order chi connectivity index (χ1) is 13.1. The fourth-order valence-electron chi connectivity index (χ4n) is 3.37. The molecule has 0 aromatic carbocycles. The molecule has 0 bridgehead atoms. The second-order valence-corrected chi connectivity index (χ2v) is 9.87. The van der Waals surface area contributed by atoms with Gasteiger partial charge in [0.15, 0.2) is 0 Å². The van der Waals surface area contributed by atoms with E-state index in [4.69, 9.17) is 0 Å². The summed E-state index contributed by atoms with van der Waals surface area (Å²) < 4.78 is 26.4. The number of thioether (sulfide) groups is 1. The third-order valence-electron chi connectivity index (χ3n) is 4.92. The van der Waals surface area contributed by atoms with Gasteiger partial charge in [0.1, 0.15) is 4.90 Å². The predicted octanol–water partition coefficient (Wildman–Crippen LogP) is 2.96. The SMILES string of the molecule is O=C(CSc1ccc(S(=O)(=O)N2CCCC2)cn1)NCCC1=CCCCC1. The van der Waals surface area contributed by atoms with Crippen molar-refractivity contribution in [3.8, 4) is 0 Å². The summed E-state index contributed by atoms with van der Waals surface area (Å²) in [7, 11) is -3.43. The van der Waals surface area contributed by atoms with Crippen molar-refractivity contribution in [2.45, 2.75) is 54.9 Å². The smallest absolute Gasteiger partial charge is 0.244 e. The van der Waals surface area contributed by atoms with Crippen molar-refractivity contribution in [1.82, 2.24) is 14.6 Å². The molecule has 1 fully saturated rings. The maximum atomic E-state index is 12.5. The summed E-state index contributed by atoms with van der Waals surface area (Å²) in [6.45, 7) is 1.83. The van der Waals surface area contributed by atoms with Gasteiger partial charge in [-0.25, -0.2) is 13.4 Å². The summed E-state index contributed by atoms with van der Waals surface area (Å²) in [4.78, 5) is 16.4. The normalized spacial score (nSPS) is 18.3. The zero-order valence-electron chi connectivity index (χ0n) is 15.5. The van der Waals surface area contributed by atoms with Gasteiger partial charge in [0.25, 0.3) is 0 Å². The van der Waals surface area contributed by atoms with Crippen LogP contribution in [0, 0.1) is 0 Å². The maximum absolute atomic E-state index is 12.5. The number of hydrogen-bond donors (Lipinski definition) is 1. The molecule has 0 radical (unpaired) electrons. The lowest BCUT2D eigenvalue weighted by Crippen LogP contribution is -2.28. The van der Waals surface area contributed by atoms with Crippen molar-refractivity contribution in [2.75, 3.05) is 25.4 Å². The van der Waals surface area contributed by atoms with E-state index in [1.165, 1.54) is 40.7 Å². The number of amides is 1. The van der Waals surface area contributed by atoms with Gasteiger partial charge in [0.05, 0.1) is 10.8 Å². The Morgan fingerprint density at radius 3 is 2.67 bits per heavy atom. The average molecular weight is 410 g/mol. The Balaban J connectivity index is 1.43. The van der Waals surface area contributed by atoms with Crippen LogP contribution in [-0.2, 0) is 14.8 Å². The van der Waals surface area contributed by atoms with E-state index in [2.05, 4.69) is 16.4 Å². The van der Waals surface area contributed by atoms with E-state index >= 15 is 0 Å². The first kappa shape index (κ1) is 20.4. The highest BCUT2D eigenvalue weighted by Crippen LogP contribution is 2.23. The summed E-state index contributed by atoms with van der Waals surface area (Å²) in [5.41, 5.74) is 1.45. The average Bonchev–Trinajstić information content (AvgIpc) is 3.23. The van der Waals surface area contributed by atoms with Crippen LogP contribution in [0.15, 0.2) is 39.9 Å². The van der Waals surface area contributed by atoms with Crippen LogP contribution in [0.2, 0.25) is 0 Å². The second-order valence-electron chi connectivity index (χ2n) is 6.94. The largest absolute Gasteiger partial charge is 0.355 e. The molecular formula is C19H27N3O3S2. The molecule has 0 saturated carbocycles. The first-order valence-electron chi connectivity index (χ1n) is 9.59. The molecule has 1 aliphatic heterocycles. The van der Waals surface area contributed by atoms with Gasteiger partial charge in [-0.2, -0.15) is 4.31 Å². The molecule has 1 saturated heterocycles. The standard InChI is InChI=1S/C19H27N3O3S2/c23-18(20-11-10-16-6-2-1-3-7-16)15-26-19-9-8-17(14-21-19)27(24,25)22-12-4-5-13-22/h6,8-9,14H,1-5,7,10-13,15H2,(H,20,23). The van der Waals surface area contributed by atoms with Crippen molar-refractivity contribution < 1.29 is 13.2 Å². The van der Waals surface area contributed by atoms with Gasteiger partial charge >= 0.3 is 0 Å². The van der Waals surface area contributed by atoms with Crippen molar-refractivity contribution in [2.24, 2.45) is 0 Å². The van der Waals surface area contributed by atoms with Crippen molar-refractivity contribution in [3.63, 3.8) is 0 Å². The molecule has 0 atom stereocenters. The Hall–Kier alpha value is -1.38. The number of allylic oxidation sites excluding steroid dienone is 1. The van der Waals surface area contributed by atoms with Crippen LogP contribution in [0.4, 0.5) is 0 Å². The van der Waals surface area contributed by atoms with Gasteiger partial charge in [-0.3, -0.25) is 4.79 Å². The Bertz CT molecular complexity index is 770. The number of carbonyl (C=O) groups excluding carboxylic acids is 1. The van der Waals surface area contributed by atoms with Gasteiger partial charge < -0.3 is 5.32 Å². The molecule has 1 aromatic rings. The lowest BCUT2D eigenvalue weighted by Gasteiger charge is -2.15. The van der Waals surface area contributed by atoms with E-state index in [9.17, 15) is 13.2 Å². The van der Waals surface area contributed by atoms with E-state index in [0.29, 0.717) is 24.7 Å². The van der Waals surface area contributed by atoms with Gasteiger partial charge in [-0.05, 0) is 57.1 Å². The molecule has 1 N–H and O–H groups in total. The van der Waals surface area contributed by atoms with Crippen LogP contribution in [-0.4, -0.2) is 49.0 Å². The molecule has 27 heavy (non-hydrogen) atoms. The molecule has 3 rings (SSSR count). The van der Waals surface area contributed by atoms with Crippen LogP contribution < -0.4 is 5.32 Å². The summed E-state index contributed by atoms with van der Waals surface area (Å²) in [6, 6.07) is 3.25.